The Balaban J connectivity index is 1.18. The maximum Gasteiger partial charge on any atom is 0.164 e. The highest BCUT2D eigenvalue weighted by Crippen LogP contribution is 2.40. The Morgan fingerprint density at radius 2 is 1.00 bits per heavy atom. The van der Waals surface area contributed by atoms with Crippen LogP contribution in [0.15, 0.2) is 174 Å². The number of allylic oxidation sites excluding steroid dienone is 4. The fraction of sp³-hybridized carbons (Fsp3) is 0.0444. The zero-order valence-corrected chi connectivity index (χ0v) is 26.7. The number of fused-ring (bicyclic) bond motifs is 3. The molecule has 1 aliphatic rings. The summed E-state index contributed by atoms with van der Waals surface area (Å²) in [6, 6.07) is 54.6. The second kappa shape index (κ2) is 12.3. The number of benzene rings is 6. The molecular formula is C45H31N3O. The highest BCUT2D eigenvalue weighted by atomic mass is 16.3. The molecule has 8 aromatic rings. The van der Waals surface area contributed by atoms with Gasteiger partial charge >= 0.3 is 0 Å². The highest BCUT2D eigenvalue weighted by molar-refractivity contribution is 6.05. The molecule has 0 saturated carbocycles. The van der Waals surface area contributed by atoms with Crippen molar-refractivity contribution in [3.05, 3.63) is 187 Å². The largest absolute Gasteiger partial charge is 0.456 e. The van der Waals surface area contributed by atoms with Crippen LogP contribution in [0.4, 0.5) is 0 Å². The lowest BCUT2D eigenvalue weighted by atomic mass is 9.82. The van der Waals surface area contributed by atoms with Gasteiger partial charge in [-0.05, 0) is 58.5 Å². The monoisotopic (exact) mass is 629 g/mol. The van der Waals surface area contributed by atoms with Crippen molar-refractivity contribution in [1.29, 1.82) is 0 Å². The van der Waals surface area contributed by atoms with Gasteiger partial charge in [-0.25, -0.2) is 15.0 Å². The molecule has 0 bridgehead atoms. The van der Waals surface area contributed by atoms with Crippen LogP contribution in [0.3, 0.4) is 0 Å². The standard InChI is InChI=1S/C45H31N3O/c1-4-12-30(13-5-1)32-20-22-33(23-21-32)37-26-36(31-14-6-2-7-15-31)27-38(28-37)45-47-43(34-16-8-3-9-17-34)46-44(48-45)35-24-25-40-39-18-10-11-19-41(39)49-42(40)29-35/h1-25,27-29,37H,26H2. The zero-order chi connectivity index (χ0) is 32.6. The molecule has 0 spiro atoms. The number of rotatable bonds is 6. The van der Waals surface area contributed by atoms with Crippen LogP contribution in [0.1, 0.15) is 29.3 Å². The van der Waals surface area contributed by atoms with E-state index in [1.165, 1.54) is 27.8 Å². The summed E-state index contributed by atoms with van der Waals surface area (Å²) in [6.07, 6.45) is 5.45. The van der Waals surface area contributed by atoms with Gasteiger partial charge in [-0.2, -0.15) is 0 Å². The average Bonchev–Trinajstić information content (AvgIpc) is 3.57. The molecule has 2 heterocycles. The van der Waals surface area contributed by atoms with Crippen molar-refractivity contribution in [3.63, 3.8) is 0 Å². The number of hydrogen-bond donors (Lipinski definition) is 0. The SMILES string of the molecule is C1=C(c2ccccc2)CC(c2ccc(-c3ccccc3)cc2)C=C1c1nc(-c2ccccc2)nc(-c2ccc3c(c2)oc2ccccc23)n1. The Bertz CT molecular complexity index is 2500. The molecule has 1 unspecified atom stereocenters. The molecule has 0 radical (unpaired) electrons. The summed E-state index contributed by atoms with van der Waals surface area (Å²) in [7, 11) is 0. The molecule has 2 aromatic heterocycles. The first-order valence-corrected chi connectivity index (χ1v) is 16.6. The van der Waals surface area contributed by atoms with Crippen molar-refractivity contribution in [2.45, 2.75) is 12.3 Å². The first-order chi connectivity index (χ1) is 24.2. The van der Waals surface area contributed by atoms with E-state index in [2.05, 4.69) is 115 Å². The molecule has 6 aromatic carbocycles. The number of nitrogens with zero attached hydrogens (tertiary/aromatic N) is 3. The minimum absolute atomic E-state index is 0.146. The normalized spacial score (nSPS) is 14.5. The van der Waals surface area contributed by atoms with Gasteiger partial charge in [0.2, 0.25) is 0 Å². The number of hydrogen-bond acceptors (Lipinski definition) is 4. The van der Waals surface area contributed by atoms with Crippen molar-refractivity contribution in [2.75, 3.05) is 0 Å². The Kier molecular flexibility index (Phi) is 7.25. The fourth-order valence-electron chi connectivity index (χ4n) is 6.78. The summed E-state index contributed by atoms with van der Waals surface area (Å²) >= 11 is 0. The Morgan fingerprint density at radius 3 is 1.73 bits per heavy atom. The van der Waals surface area contributed by atoms with E-state index in [0.717, 1.165) is 45.1 Å². The predicted octanol–water partition coefficient (Wildman–Crippen LogP) is 11.4. The van der Waals surface area contributed by atoms with E-state index in [-0.39, 0.29) is 5.92 Å². The van der Waals surface area contributed by atoms with E-state index < -0.39 is 0 Å². The van der Waals surface area contributed by atoms with Crippen LogP contribution in [-0.2, 0) is 0 Å². The summed E-state index contributed by atoms with van der Waals surface area (Å²) in [4.78, 5) is 15.3. The lowest BCUT2D eigenvalue weighted by Crippen LogP contribution is -2.07. The molecule has 1 aliphatic carbocycles. The smallest absolute Gasteiger partial charge is 0.164 e. The van der Waals surface area contributed by atoms with Gasteiger partial charge in [-0.15, -0.1) is 0 Å². The van der Waals surface area contributed by atoms with Gasteiger partial charge in [0.05, 0.1) is 0 Å². The highest BCUT2D eigenvalue weighted by Gasteiger charge is 2.22. The molecule has 0 amide bonds. The molecule has 0 N–H and O–H groups in total. The third kappa shape index (κ3) is 5.64. The Morgan fingerprint density at radius 1 is 0.449 bits per heavy atom. The number of aromatic nitrogens is 3. The Labute approximate surface area is 284 Å². The summed E-state index contributed by atoms with van der Waals surface area (Å²) < 4.78 is 6.25. The van der Waals surface area contributed by atoms with Crippen LogP contribution in [-0.4, -0.2) is 15.0 Å². The molecular weight excluding hydrogens is 599 g/mol. The first kappa shape index (κ1) is 28.8. The molecule has 49 heavy (non-hydrogen) atoms. The quantitative estimate of drug-likeness (QED) is 0.184. The summed E-state index contributed by atoms with van der Waals surface area (Å²) in [5, 5.41) is 2.17. The van der Waals surface area contributed by atoms with E-state index in [9.17, 15) is 0 Å². The van der Waals surface area contributed by atoms with Crippen LogP contribution in [0.2, 0.25) is 0 Å². The molecule has 0 aliphatic heterocycles. The second-order valence-corrected chi connectivity index (χ2v) is 12.4. The lowest BCUT2D eigenvalue weighted by molar-refractivity contribution is 0.669. The van der Waals surface area contributed by atoms with Crippen molar-refractivity contribution in [1.82, 2.24) is 15.0 Å². The van der Waals surface area contributed by atoms with Crippen molar-refractivity contribution < 1.29 is 4.42 Å². The third-order valence-electron chi connectivity index (χ3n) is 9.30. The van der Waals surface area contributed by atoms with Gasteiger partial charge in [-0.1, -0.05) is 146 Å². The van der Waals surface area contributed by atoms with E-state index >= 15 is 0 Å². The first-order valence-electron chi connectivity index (χ1n) is 16.6. The van der Waals surface area contributed by atoms with Crippen molar-refractivity contribution in [3.8, 4) is 33.9 Å². The third-order valence-corrected chi connectivity index (χ3v) is 9.30. The van der Waals surface area contributed by atoms with Gasteiger partial charge in [0.25, 0.3) is 0 Å². The van der Waals surface area contributed by atoms with E-state index in [1.807, 2.05) is 54.6 Å². The lowest BCUT2D eigenvalue weighted by Gasteiger charge is -2.23. The average molecular weight is 630 g/mol. The van der Waals surface area contributed by atoms with E-state index in [4.69, 9.17) is 19.4 Å². The molecule has 232 valence electrons. The summed E-state index contributed by atoms with van der Waals surface area (Å²) in [6.45, 7) is 0. The molecule has 0 fully saturated rings. The summed E-state index contributed by atoms with van der Waals surface area (Å²) in [5.41, 5.74) is 10.6. The predicted molar refractivity (Wildman–Crippen MR) is 200 cm³/mol. The minimum atomic E-state index is 0.146. The molecule has 0 saturated heterocycles. The van der Waals surface area contributed by atoms with Crippen LogP contribution in [0.25, 0.3) is 67.0 Å². The fourth-order valence-corrected chi connectivity index (χ4v) is 6.78. The number of para-hydroxylation sites is 1. The van der Waals surface area contributed by atoms with E-state index in [1.54, 1.807) is 0 Å². The second-order valence-electron chi connectivity index (χ2n) is 12.4. The Hall–Kier alpha value is -6.39. The van der Waals surface area contributed by atoms with Crippen LogP contribution < -0.4 is 0 Å². The van der Waals surface area contributed by atoms with Crippen LogP contribution in [0, 0.1) is 0 Å². The number of furan rings is 1. The van der Waals surface area contributed by atoms with Gasteiger partial charge in [0.1, 0.15) is 11.2 Å². The topological polar surface area (TPSA) is 51.8 Å². The maximum absolute atomic E-state index is 6.25. The maximum atomic E-state index is 6.25. The van der Waals surface area contributed by atoms with Crippen LogP contribution >= 0.6 is 0 Å². The van der Waals surface area contributed by atoms with Gasteiger partial charge in [0, 0.05) is 33.4 Å². The molecule has 4 heteroatoms. The van der Waals surface area contributed by atoms with E-state index in [0.29, 0.717) is 17.5 Å². The van der Waals surface area contributed by atoms with Crippen molar-refractivity contribution in [2.24, 2.45) is 0 Å². The molecule has 1 atom stereocenters. The minimum Gasteiger partial charge on any atom is -0.456 e. The van der Waals surface area contributed by atoms with Crippen molar-refractivity contribution >= 4 is 33.1 Å². The molecule has 9 rings (SSSR count). The van der Waals surface area contributed by atoms with Crippen LogP contribution in [0.5, 0.6) is 0 Å². The van der Waals surface area contributed by atoms with Gasteiger partial charge in [0.15, 0.2) is 17.5 Å². The summed E-state index contributed by atoms with van der Waals surface area (Å²) in [5.74, 6) is 2.03. The van der Waals surface area contributed by atoms with Gasteiger partial charge < -0.3 is 4.42 Å². The van der Waals surface area contributed by atoms with Gasteiger partial charge in [-0.3, -0.25) is 0 Å². The zero-order valence-electron chi connectivity index (χ0n) is 26.7. The molecule has 4 nitrogen and oxygen atoms in total.